The van der Waals surface area contributed by atoms with Gasteiger partial charge < -0.3 is 10.0 Å². The molecule has 1 unspecified atom stereocenters. The van der Waals surface area contributed by atoms with Crippen molar-refractivity contribution in [1.82, 2.24) is 30.2 Å². The Kier molecular flexibility index (Phi) is 7.74. The van der Waals surface area contributed by atoms with Crippen LogP contribution < -0.4 is 4.90 Å². The minimum atomic E-state index is -0.827. The monoisotopic (exact) mass is 475 g/mol. The number of tetrazole rings is 1. The normalized spacial score (nSPS) is 12.2. The van der Waals surface area contributed by atoms with Gasteiger partial charge in [-0.25, -0.2) is 9.78 Å². The minimum absolute atomic E-state index is 0.500. The van der Waals surface area contributed by atoms with Crippen molar-refractivity contribution >= 4 is 23.0 Å². The van der Waals surface area contributed by atoms with E-state index in [2.05, 4.69) is 46.3 Å². The third kappa shape index (κ3) is 4.89. The molecule has 0 amide bonds. The lowest BCUT2D eigenvalue weighted by Gasteiger charge is -2.25. The number of fused-ring (bicyclic) bond motifs is 1. The van der Waals surface area contributed by atoms with E-state index in [0.717, 1.165) is 66.5 Å². The Morgan fingerprint density at radius 2 is 1.74 bits per heavy atom. The predicted octanol–water partition coefficient (Wildman–Crippen LogP) is 5.33. The number of benzene rings is 2. The van der Waals surface area contributed by atoms with Crippen LogP contribution in [0.5, 0.6) is 0 Å². The zero-order valence-electron chi connectivity index (χ0n) is 20.6. The van der Waals surface area contributed by atoms with Gasteiger partial charge in [-0.1, -0.05) is 69.0 Å². The molecule has 2 N–H and O–H groups in total. The lowest BCUT2D eigenvalue weighted by molar-refractivity contribution is -0.141. The second-order valence-electron chi connectivity index (χ2n) is 8.61. The molecule has 0 aliphatic carbocycles. The largest absolute Gasteiger partial charge is 0.480 e. The smallest absolute Gasteiger partial charge is 0.326 e. The van der Waals surface area contributed by atoms with Crippen LogP contribution in [0.3, 0.4) is 0 Å². The predicted molar refractivity (Wildman–Crippen MR) is 137 cm³/mol. The van der Waals surface area contributed by atoms with Gasteiger partial charge in [-0.3, -0.25) is 4.57 Å². The summed E-state index contributed by atoms with van der Waals surface area (Å²) in [4.78, 5) is 19.7. The average Bonchev–Trinajstić information content (AvgIpc) is 3.53. The zero-order valence-corrected chi connectivity index (χ0v) is 20.6. The summed E-state index contributed by atoms with van der Waals surface area (Å²) in [5.41, 5.74) is 4.25. The fourth-order valence-corrected chi connectivity index (χ4v) is 4.68. The highest BCUT2D eigenvalue weighted by Crippen LogP contribution is 2.38. The van der Waals surface area contributed by atoms with Crippen LogP contribution in [0, 0.1) is 0 Å². The summed E-state index contributed by atoms with van der Waals surface area (Å²) in [5.74, 6) is 0.365. The number of aliphatic carboxylic acids is 1. The van der Waals surface area contributed by atoms with Gasteiger partial charge in [0.1, 0.15) is 6.04 Å². The molecule has 0 saturated heterocycles. The Hall–Kier alpha value is -3.75. The van der Waals surface area contributed by atoms with Crippen LogP contribution >= 0.6 is 0 Å². The van der Waals surface area contributed by atoms with Crippen LogP contribution in [0.4, 0.5) is 5.95 Å². The Morgan fingerprint density at radius 3 is 2.40 bits per heavy atom. The topological polar surface area (TPSA) is 113 Å². The van der Waals surface area contributed by atoms with Gasteiger partial charge >= 0.3 is 5.97 Å². The first-order valence-electron chi connectivity index (χ1n) is 12.4. The van der Waals surface area contributed by atoms with Crippen molar-refractivity contribution in [2.75, 3.05) is 18.0 Å². The molecule has 9 heteroatoms. The molecule has 2 aromatic heterocycles. The first kappa shape index (κ1) is 24.4. The highest BCUT2D eigenvalue weighted by Gasteiger charge is 2.28. The van der Waals surface area contributed by atoms with E-state index in [-0.39, 0.29) is 0 Å². The molecule has 1 atom stereocenters. The van der Waals surface area contributed by atoms with Gasteiger partial charge in [0, 0.05) is 24.2 Å². The Balaban J connectivity index is 1.91. The van der Waals surface area contributed by atoms with Crippen LogP contribution in [0.1, 0.15) is 58.9 Å². The number of carboxylic acid groups (broad SMARTS) is 1. The van der Waals surface area contributed by atoms with Gasteiger partial charge in [0.2, 0.25) is 11.8 Å². The van der Waals surface area contributed by atoms with Gasteiger partial charge in [0.25, 0.3) is 0 Å². The molecule has 4 rings (SSSR count). The summed E-state index contributed by atoms with van der Waals surface area (Å²) in [7, 11) is 0. The molecule has 2 heterocycles. The second kappa shape index (κ2) is 11.1. The standard InChI is InChI=1S/C26H33N7O2/c1-4-7-8-9-16-22(25(34)35)33-21-17-12-15-19(23(21)27-26(33)32(5-2)6-3)18-13-10-11-14-20(18)24-28-30-31-29-24/h10-15,17,22H,4-9,16H2,1-3H3,(H,34,35)(H,28,29,30,31). The van der Waals surface area contributed by atoms with E-state index in [1.807, 2.05) is 47.0 Å². The Labute approximate surface area is 205 Å². The Morgan fingerprint density at radius 1 is 1.00 bits per heavy atom. The van der Waals surface area contributed by atoms with E-state index in [1.165, 1.54) is 0 Å². The lowest BCUT2D eigenvalue weighted by atomic mass is 9.98. The zero-order chi connectivity index (χ0) is 24.8. The van der Waals surface area contributed by atoms with Gasteiger partial charge in [-0.15, -0.1) is 10.2 Å². The summed E-state index contributed by atoms with van der Waals surface area (Å²) in [6.07, 6.45) is 4.68. The van der Waals surface area contributed by atoms with E-state index in [4.69, 9.17) is 4.98 Å². The van der Waals surface area contributed by atoms with Crippen LogP contribution in [0.25, 0.3) is 33.5 Å². The molecule has 9 nitrogen and oxygen atoms in total. The van der Waals surface area contributed by atoms with E-state index in [1.54, 1.807) is 0 Å². The van der Waals surface area contributed by atoms with Crippen molar-refractivity contribution in [2.45, 2.75) is 58.9 Å². The summed E-state index contributed by atoms with van der Waals surface area (Å²) < 4.78 is 1.93. The molecule has 184 valence electrons. The molecule has 0 fully saturated rings. The SMILES string of the molecule is CCCCCCC(C(=O)O)n1c(N(CC)CC)nc2c(-c3ccccc3-c3nn[nH]n3)cccc21. The van der Waals surface area contributed by atoms with Gasteiger partial charge in [0.05, 0.1) is 11.0 Å². The highest BCUT2D eigenvalue weighted by atomic mass is 16.4. The van der Waals surface area contributed by atoms with E-state index >= 15 is 0 Å². The molecular weight excluding hydrogens is 442 g/mol. The van der Waals surface area contributed by atoms with Gasteiger partial charge in [-0.05, 0) is 37.1 Å². The molecule has 0 bridgehead atoms. The minimum Gasteiger partial charge on any atom is -0.480 e. The number of para-hydroxylation sites is 1. The fraction of sp³-hybridized carbons (Fsp3) is 0.423. The van der Waals surface area contributed by atoms with Crippen molar-refractivity contribution in [3.8, 4) is 22.5 Å². The molecule has 0 aliphatic heterocycles. The third-order valence-electron chi connectivity index (χ3n) is 6.48. The summed E-state index contributed by atoms with van der Waals surface area (Å²) >= 11 is 0. The molecule has 0 saturated carbocycles. The van der Waals surface area contributed by atoms with Crippen molar-refractivity contribution in [2.24, 2.45) is 0 Å². The molecular formula is C26H33N7O2. The molecule has 35 heavy (non-hydrogen) atoms. The summed E-state index contributed by atoms with van der Waals surface area (Å²) in [6.45, 7) is 7.76. The maximum Gasteiger partial charge on any atom is 0.326 e. The number of nitrogens with zero attached hydrogens (tertiary/aromatic N) is 6. The quantitative estimate of drug-likeness (QED) is 0.266. The van der Waals surface area contributed by atoms with Crippen LogP contribution in [-0.2, 0) is 4.79 Å². The highest BCUT2D eigenvalue weighted by molar-refractivity contribution is 5.98. The Bertz CT molecular complexity index is 1260. The number of aromatic nitrogens is 6. The number of anilines is 1. The number of hydrogen-bond acceptors (Lipinski definition) is 6. The summed E-state index contributed by atoms with van der Waals surface area (Å²) in [6, 6.07) is 13.1. The van der Waals surface area contributed by atoms with E-state index in [9.17, 15) is 9.90 Å². The van der Waals surface area contributed by atoms with E-state index < -0.39 is 12.0 Å². The molecule has 0 spiro atoms. The number of aromatic amines is 1. The summed E-state index contributed by atoms with van der Waals surface area (Å²) in [5, 5.41) is 24.9. The number of carboxylic acids is 1. The third-order valence-corrected chi connectivity index (χ3v) is 6.48. The molecule has 0 radical (unpaired) electrons. The fourth-order valence-electron chi connectivity index (χ4n) is 4.68. The van der Waals surface area contributed by atoms with Crippen LogP contribution in [-0.4, -0.2) is 54.3 Å². The average molecular weight is 476 g/mol. The maximum atomic E-state index is 12.5. The number of nitrogens with one attached hydrogen (secondary N) is 1. The number of hydrogen-bond donors (Lipinski definition) is 2. The van der Waals surface area contributed by atoms with Crippen LogP contribution in [0.15, 0.2) is 42.5 Å². The number of carbonyl (C=O) groups is 1. The molecule has 2 aromatic carbocycles. The first-order valence-corrected chi connectivity index (χ1v) is 12.4. The molecule has 4 aromatic rings. The van der Waals surface area contributed by atoms with Gasteiger partial charge in [0.15, 0.2) is 0 Å². The number of rotatable bonds is 12. The van der Waals surface area contributed by atoms with Crippen molar-refractivity contribution in [3.63, 3.8) is 0 Å². The van der Waals surface area contributed by atoms with E-state index in [0.29, 0.717) is 18.2 Å². The van der Waals surface area contributed by atoms with Crippen molar-refractivity contribution in [3.05, 3.63) is 42.5 Å². The molecule has 0 aliphatic rings. The van der Waals surface area contributed by atoms with Gasteiger partial charge in [-0.2, -0.15) is 5.21 Å². The van der Waals surface area contributed by atoms with Crippen molar-refractivity contribution < 1.29 is 9.90 Å². The maximum absolute atomic E-state index is 12.5. The number of imidazole rings is 1. The second-order valence-corrected chi connectivity index (χ2v) is 8.61. The first-order chi connectivity index (χ1) is 17.1. The van der Waals surface area contributed by atoms with Crippen LogP contribution in [0.2, 0.25) is 0 Å². The van der Waals surface area contributed by atoms with Crippen molar-refractivity contribution in [1.29, 1.82) is 0 Å². The number of H-pyrrole nitrogens is 1. The number of unbranched alkanes of at least 4 members (excludes halogenated alkanes) is 3. The lowest BCUT2D eigenvalue weighted by Crippen LogP contribution is -2.29.